The van der Waals surface area contributed by atoms with Crippen LogP contribution in [0.3, 0.4) is 0 Å². The molecule has 6 heteroatoms. The van der Waals surface area contributed by atoms with Gasteiger partial charge in [0.05, 0.1) is 16.9 Å². The molecule has 0 radical (unpaired) electrons. The quantitative estimate of drug-likeness (QED) is 0.461. The number of azo groups is 1. The van der Waals surface area contributed by atoms with Crippen molar-refractivity contribution in [2.24, 2.45) is 15.2 Å². The lowest BCUT2D eigenvalue weighted by atomic mass is 10.2. The van der Waals surface area contributed by atoms with E-state index in [-0.39, 0.29) is 17.0 Å². The summed E-state index contributed by atoms with van der Waals surface area (Å²) in [6.45, 7) is 2.00. The highest BCUT2D eigenvalue weighted by Crippen LogP contribution is 2.26. The molecule has 3 aromatic carbocycles. The van der Waals surface area contributed by atoms with Gasteiger partial charge in [-0.25, -0.2) is 4.79 Å². The molecular weight excluding hydrogens is 342 g/mol. The molecule has 0 saturated heterocycles. The molecule has 0 aromatic heterocycles. The standard InChI is InChI=1S/C21H17N3O3/c1-14-6-8-16(9-7-14)22-13-15-12-17(10-11-20(15)25)23-24-19-5-3-2-4-18(19)21(26)27/h2-13,25H,1H3,(H,26,27). The van der Waals surface area contributed by atoms with E-state index in [0.29, 0.717) is 11.3 Å². The largest absolute Gasteiger partial charge is 0.507 e. The summed E-state index contributed by atoms with van der Waals surface area (Å²) in [5.74, 6) is -1.00. The fourth-order valence-corrected chi connectivity index (χ4v) is 2.34. The Bertz CT molecular complexity index is 1030. The van der Waals surface area contributed by atoms with Crippen molar-refractivity contribution in [3.05, 3.63) is 83.4 Å². The van der Waals surface area contributed by atoms with E-state index in [1.165, 1.54) is 12.1 Å². The van der Waals surface area contributed by atoms with Gasteiger partial charge in [-0.1, -0.05) is 29.8 Å². The molecule has 0 aliphatic heterocycles. The molecule has 3 rings (SSSR count). The highest BCUT2D eigenvalue weighted by atomic mass is 16.4. The summed E-state index contributed by atoms with van der Waals surface area (Å²) in [7, 11) is 0. The maximum atomic E-state index is 11.2. The molecule has 6 nitrogen and oxygen atoms in total. The van der Waals surface area contributed by atoms with E-state index in [2.05, 4.69) is 15.2 Å². The molecule has 0 saturated carbocycles. The molecule has 27 heavy (non-hydrogen) atoms. The van der Waals surface area contributed by atoms with Gasteiger partial charge in [0.2, 0.25) is 0 Å². The number of hydrogen-bond donors (Lipinski definition) is 2. The summed E-state index contributed by atoms with van der Waals surface area (Å²) in [5.41, 5.74) is 3.19. The SMILES string of the molecule is Cc1ccc(N=Cc2cc(N=Nc3ccccc3C(=O)O)ccc2O)cc1. The predicted octanol–water partition coefficient (Wildman–Crippen LogP) is 5.56. The zero-order valence-corrected chi connectivity index (χ0v) is 14.6. The van der Waals surface area contributed by atoms with E-state index < -0.39 is 5.97 Å². The van der Waals surface area contributed by atoms with Gasteiger partial charge in [-0.05, 0) is 49.4 Å². The first-order valence-corrected chi connectivity index (χ1v) is 8.21. The molecule has 134 valence electrons. The van der Waals surface area contributed by atoms with Gasteiger partial charge in [0.15, 0.2) is 0 Å². The van der Waals surface area contributed by atoms with Crippen molar-refractivity contribution in [3.8, 4) is 5.75 Å². The molecular formula is C21H17N3O3. The van der Waals surface area contributed by atoms with Gasteiger partial charge in [0.1, 0.15) is 11.4 Å². The molecule has 0 bridgehead atoms. The third kappa shape index (κ3) is 4.64. The lowest BCUT2D eigenvalue weighted by Gasteiger charge is -2.01. The van der Waals surface area contributed by atoms with E-state index in [4.69, 9.17) is 0 Å². The minimum Gasteiger partial charge on any atom is -0.507 e. The van der Waals surface area contributed by atoms with Gasteiger partial charge in [0, 0.05) is 11.8 Å². The number of phenols is 1. The third-order valence-corrected chi connectivity index (χ3v) is 3.81. The summed E-state index contributed by atoms with van der Waals surface area (Å²) >= 11 is 0. The fraction of sp³-hybridized carbons (Fsp3) is 0.0476. The second kappa shape index (κ2) is 8.05. The molecule has 0 spiro atoms. The van der Waals surface area contributed by atoms with Crippen molar-refractivity contribution >= 4 is 29.2 Å². The number of carboxylic acid groups (broad SMARTS) is 1. The normalized spacial score (nSPS) is 11.3. The Labute approximate surface area is 156 Å². The minimum atomic E-state index is -1.07. The summed E-state index contributed by atoms with van der Waals surface area (Å²) < 4.78 is 0. The number of carbonyl (C=O) groups is 1. The number of aryl methyl sites for hydroxylation is 1. The number of phenolic OH excluding ortho intramolecular Hbond substituents is 1. The summed E-state index contributed by atoms with van der Waals surface area (Å²) in [5, 5.41) is 27.3. The first-order valence-electron chi connectivity index (χ1n) is 8.21. The van der Waals surface area contributed by atoms with Crippen LogP contribution in [0.1, 0.15) is 21.5 Å². The van der Waals surface area contributed by atoms with Crippen LogP contribution in [0.2, 0.25) is 0 Å². The van der Waals surface area contributed by atoms with E-state index in [1.807, 2.05) is 31.2 Å². The van der Waals surface area contributed by atoms with Gasteiger partial charge < -0.3 is 10.2 Å². The van der Waals surface area contributed by atoms with Gasteiger partial charge in [-0.2, -0.15) is 5.11 Å². The van der Waals surface area contributed by atoms with E-state index in [0.717, 1.165) is 11.3 Å². The number of aliphatic imine (C=N–C) groups is 1. The molecule has 0 heterocycles. The summed E-state index contributed by atoms with van der Waals surface area (Å²) in [4.78, 5) is 15.6. The van der Waals surface area contributed by atoms with Crippen LogP contribution in [0.5, 0.6) is 5.75 Å². The van der Waals surface area contributed by atoms with Crippen molar-refractivity contribution in [3.63, 3.8) is 0 Å². The lowest BCUT2D eigenvalue weighted by molar-refractivity contribution is 0.0697. The van der Waals surface area contributed by atoms with Crippen LogP contribution in [-0.2, 0) is 0 Å². The highest BCUT2D eigenvalue weighted by Gasteiger charge is 2.08. The van der Waals surface area contributed by atoms with Crippen molar-refractivity contribution in [2.45, 2.75) is 6.92 Å². The lowest BCUT2D eigenvalue weighted by Crippen LogP contribution is -1.95. The van der Waals surface area contributed by atoms with Crippen molar-refractivity contribution < 1.29 is 15.0 Å². The average molecular weight is 359 g/mol. The van der Waals surface area contributed by atoms with Gasteiger partial charge in [0.25, 0.3) is 0 Å². The third-order valence-electron chi connectivity index (χ3n) is 3.81. The molecule has 0 aliphatic rings. The van der Waals surface area contributed by atoms with Crippen LogP contribution in [0.25, 0.3) is 0 Å². The minimum absolute atomic E-state index is 0.0655. The van der Waals surface area contributed by atoms with Crippen LogP contribution in [0, 0.1) is 6.92 Å². The highest BCUT2D eigenvalue weighted by molar-refractivity contribution is 5.93. The smallest absolute Gasteiger partial charge is 0.337 e. The van der Waals surface area contributed by atoms with E-state index >= 15 is 0 Å². The summed E-state index contributed by atoms with van der Waals surface area (Å²) in [6.07, 6.45) is 1.55. The van der Waals surface area contributed by atoms with Gasteiger partial charge in [-0.3, -0.25) is 4.99 Å². The Morgan fingerprint density at radius 1 is 0.926 bits per heavy atom. The van der Waals surface area contributed by atoms with Crippen LogP contribution >= 0.6 is 0 Å². The number of rotatable bonds is 5. The van der Waals surface area contributed by atoms with Crippen molar-refractivity contribution in [2.75, 3.05) is 0 Å². The number of aromatic hydroxyl groups is 1. The topological polar surface area (TPSA) is 94.6 Å². The van der Waals surface area contributed by atoms with Crippen molar-refractivity contribution in [1.29, 1.82) is 0 Å². The Kier molecular flexibility index (Phi) is 5.37. The second-order valence-corrected chi connectivity index (χ2v) is 5.86. The van der Waals surface area contributed by atoms with Crippen LogP contribution in [-0.4, -0.2) is 22.4 Å². The van der Waals surface area contributed by atoms with Gasteiger partial charge >= 0.3 is 5.97 Å². The molecule has 0 atom stereocenters. The number of hydrogen-bond acceptors (Lipinski definition) is 5. The maximum Gasteiger partial charge on any atom is 0.337 e. The molecule has 0 unspecified atom stereocenters. The maximum absolute atomic E-state index is 11.2. The zero-order valence-electron chi connectivity index (χ0n) is 14.6. The summed E-state index contributed by atoms with van der Waals surface area (Å²) in [6, 6.07) is 18.7. The molecule has 0 aliphatic carbocycles. The van der Waals surface area contributed by atoms with Crippen LogP contribution in [0.15, 0.2) is 82.0 Å². The number of carboxylic acids is 1. The van der Waals surface area contributed by atoms with Crippen LogP contribution < -0.4 is 0 Å². The Morgan fingerprint density at radius 2 is 1.63 bits per heavy atom. The van der Waals surface area contributed by atoms with E-state index in [9.17, 15) is 15.0 Å². The molecule has 0 amide bonds. The van der Waals surface area contributed by atoms with Gasteiger partial charge in [-0.15, -0.1) is 5.11 Å². The first kappa shape index (κ1) is 18.0. The van der Waals surface area contributed by atoms with Crippen LogP contribution in [0.4, 0.5) is 17.1 Å². The first-order chi connectivity index (χ1) is 13.0. The molecule has 3 aromatic rings. The molecule has 2 N–H and O–H groups in total. The zero-order chi connectivity index (χ0) is 19.2. The van der Waals surface area contributed by atoms with Crippen molar-refractivity contribution in [1.82, 2.24) is 0 Å². The Balaban J connectivity index is 1.85. The number of benzene rings is 3. The predicted molar refractivity (Wildman–Crippen MR) is 104 cm³/mol. The fourth-order valence-electron chi connectivity index (χ4n) is 2.34. The average Bonchev–Trinajstić information content (AvgIpc) is 2.67. The monoisotopic (exact) mass is 359 g/mol. The Morgan fingerprint density at radius 3 is 2.37 bits per heavy atom. The molecule has 0 fully saturated rings. The number of aromatic carboxylic acids is 1. The van der Waals surface area contributed by atoms with E-state index in [1.54, 1.807) is 36.5 Å². The Hall–Kier alpha value is -3.80. The second-order valence-electron chi connectivity index (χ2n) is 5.86. The number of nitrogens with zero attached hydrogens (tertiary/aromatic N) is 3.